The first-order valence-corrected chi connectivity index (χ1v) is 7.70. The average molecular weight is 309 g/mol. The van der Waals surface area contributed by atoms with Crippen molar-refractivity contribution in [3.05, 3.63) is 41.9 Å². The van der Waals surface area contributed by atoms with Crippen molar-refractivity contribution in [3.8, 4) is 0 Å². The summed E-state index contributed by atoms with van der Waals surface area (Å²) in [5.41, 5.74) is 0.787. The number of hydrogen-bond acceptors (Lipinski definition) is 4. The van der Waals surface area contributed by atoms with E-state index < -0.39 is 16.0 Å². The standard InChI is InChI=1S/C13H15N3O4S/c1-3-16-8-10(7-11(16)13(17)18)21(19,20)15-12-6-9(2)4-5-14-12/h4-8H,3H2,1-2H3,(H,14,15)(H,17,18). The van der Waals surface area contributed by atoms with Gasteiger partial charge in [0.15, 0.2) is 0 Å². The second-order valence-electron chi connectivity index (χ2n) is 4.48. The number of nitrogens with zero attached hydrogens (tertiary/aromatic N) is 2. The predicted molar refractivity (Wildman–Crippen MR) is 76.8 cm³/mol. The molecular weight excluding hydrogens is 294 g/mol. The van der Waals surface area contributed by atoms with E-state index in [4.69, 9.17) is 5.11 Å². The van der Waals surface area contributed by atoms with Gasteiger partial charge in [-0.15, -0.1) is 0 Å². The van der Waals surface area contributed by atoms with Crippen molar-refractivity contribution in [3.63, 3.8) is 0 Å². The fourth-order valence-corrected chi connectivity index (χ4v) is 2.90. The zero-order valence-corrected chi connectivity index (χ0v) is 12.4. The molecule has 0 unspecified atom stereocenters. The van der Waals surface area contributed by atoms with Crippen molar-refractivity contribution >= 4 is 21.8 Å². The van der Waals surface area contributed by atoms with E-state index in [0.29, 0.717) is 6.54 Å². The van der Waals surface area contributed by atoms with Crippen LogP contribution in [-0.2, 0) is 16.6 Å². The molecule has 0 aromatic carbocycles. The zero-order valence-electron chi connectivity index (χ0n) is 11.6. The quantitative estimate of drug-likeness (QED) is 0.875. The maximum absolute atomic E-state index is 12.3. The number of aromatic nitrogens is 2. The van der Waals surface area contributed by atoms with E-state index in [1.54, 1.807) is 19.1 Å². The van der Waals surface area contributed by atoms with E-state index in [-0.39, 0.29) is 16.4 Å². The maximum atomic E-state index is 12.3. The van der Waals surface area contributed by atoms with Crippen LogP contribution >= 0.6 is 0 Å². The second-order valence-corrected chi connectivity index (χ2v) is 6.16. The molecule has 0 bridgehead atoms. The van der Waals surface area contributed by atoms with Gasteiger partial charge in [-0.05, 0) is 37.6 Å². The number of nitrogens with one attached hydrogen (secondary N) is 1. The Morgan fingerprint density at radius 1 is 1.43 bits per heavy atom. The first kappa shape index (κ1) is 15.0. The smallest absolute Gasteiger partial charge is 0.352 e. The Morgan fingerprint density at radius 3 is 2.67 bits per heavy atom. The summed E-state index contributed by atoms with van der Waals surface area (Å²) >= 11 is 0. The number of carboxylic acid groups (broad SMARTS) is 1. The molecule has 2 aromatic rings. The van der Waals surface area contributed by atoms with Gasteiger partial charge in [-0.2, -0.15) is 0 Å². The van der Waals surface area contributed by atoms with Crippen LogP contribution in [0.1, 0.15) is 23.0 Å². The largest absolute Gasteiger partial charge is 0.477 e. The van der Waals surface area contributed by atoms with Gasteiger partial charge in [0.25, 0.3) is 10.0 Å². The lowest BCUT2D eigenvalue weighted by atomic mass is 10.3. The van der Waals surface area contributed by atoms with E-state index in [9.17, 15) is 13.2 Å². The van der Waals surface area contributed by atoms with Gasteiger partial charge < -0.3 is 9.67 Å². The second kappa shape index (κ2) is 5.57. The number of rotatable bonds is 5. The molecule has 0 amide bonds. The Morgan fingerprint density at radius 2 is 2.14 bits per heavy atom. The summed E-state index contributed by atoms with van der Waals surface area (Å²) in [7, 11) is -3.87. The average Bonchev–Trinajstić information content (AvgIpc) is 2.83. The van der Waals surface area contributed by atoms with Crippen LogP contribution in [0.25, 0.3) is 0 Å². The van der Waals surface area contributed by atoms with Crippen LogP contribution < -0.4 is 4.72 Å². The summed E-state index contributed by atoms with van der Waals surface area (Å²) in [5, 5.41) is 9.05. The monoisotopic (exact) mass is 309 g/mol. The van der Waals surface area contributed by atoms with Gasteiger partial charge in [-0.3, -0.25) is 4.72 Å². The molecule has 7 nitrogen and oxygen atoms in total. The third kappa shape index (κ3) is 3.22. The van der Waals surface area contributed by atoms with E-state index in [1.165, 1.54) is 17.0 Å². The normalized spacial score (nSPS) is 11.3. The fourth-order valence-electron chi connectivity index (χ4n) is 1.86. The van der Waals surface area contributed by atoms with E-state index >= 15 is 0 Å². The molecule has 2 heterocycles. The van der Waals surface area contributed by atoms with E-state index in [2.05, 4.69) is 9.71 Å². The number of hydrogen-bond donors (Lipinski definition) is 2. The van der Waals surface area contributed by atoms with E-state index in [0.717, 1.165) is 11.6 Å². The van der Waals surface area contributed by atoms with Crippen LogP contribution in [0.15, 0.2) is 35.5 Å². The third-order valence-electron chi connectivity index (χ3n) is 2.90. The highest BCUT2D eigenvalue weighted by atomic mass is 32.2. The summed E-state index contributed by atoms with van der Waals surface area (Å²) in [6.07, 6.45) is 2.79. The Kier molecular flexibility index (Phi) is 3.99. The first-order valence-electron chi connectivity index (χ1n) is 6.22. The van der Waals surface area contributed by atoms with Crippen LogP contribution in [0.2, 0.25) is 0 Å². The lowest BCUT2D eigenvalue weighted by Crippen LogP contribution is -2.13. The molecule has 0 radical (unpaired) electrons. The van der Waals surface area contributed by atoms with Crippen LogP contribution in [0.3, 0.4) is 0 Å². The van der Waals surface area contributed by atoms with Crippen LogP contribution in [0.5, 0.6) is 0 Å². The number of carbonyl (C=O) groups is 1. The van der Waals surface area contributed by atoms with Crippen molar-refractivity contribution in [2.45, 2.75) is 25.3 Å². The summed E-state index contributed by atoms with van der Waals surface area (Å²) in [6.45, 7) is 3.91. The van der Waals surface area contributed by atoms with Crippen molar-refractivity contribution < 1.29 is 18.3 Å². The van der Waals surface area contributed by atoms with Crippen molar-refractivity contribution in [2.75, 3.05) is 4.72 Å². The number of aromatic carboxylic acids is 1. The van der Waals surface area contributed by atoms with Crippen molar-refractivity contribution in [1.82, 2.24) is 9.55 Å². The first-order chi connectivity index (χ1) is 9.83. The molecular formula is C13H15N3O4S. The molecule has 0 fully saturated rings. The molecule has 2 rings (SSSR count). The van der Waals surface area contributed by atoms with Crippen molar-refractivity contribution in [1.29, 1.82) is 0 Å². The highest BCUT2D eigenvalue weighted by molar-refractivity contribution is 7.92. The molecule has 21 heavy (non-hydrogen) atoms. The van der Waals surface area contributed by atoms with Gasteiger partial charge in [0.05, 0.1) is 0 Å². The highest BCUT2D eigenvalue weighted by Crippen LogP contribution is 2.18. The van der Waals surface area contributed by atoms with Gasteiger partial charge in [0, 0.05) is 18.9 Å². The zero-order chi connectivity index (χ0) is 15.6. The number of carboxylic acids is 1. The minimum absolute atomic E-state index is 0.0740. The third-order valence-corrected chi connectivity index (χ3v) is 4.22. The van der Waals surface area contributed by atoms with Crippen LogP contribution in [0.4, 0.5) is 5.82 Å². The Labute approximate surface area is 122 Å². The van der Waals surface area contributed by atoms with Gasteiger partial charge in [-0.1, -0.05) is 0 Å². The molecule has 112 valence electrons. The Balaban J connectivity index is 2.38. The van der Waals surface area contributed by atoms with Crippen LogP contribution in [0, 0.1) is 6.92 Å². The maximum Gasteiger partial charge on any atom is 0.352 e. The summed E-state index contributed by atoms with van der Waals surface area (Å²) in [5.74, 6) is -0.983. The summed E-state index contributed by atoms with van der Waals surface area (Å²) in [4.78, 5) is 14.9. The van der Waals surface area contributed by atoms with Gasteiger partial charge in [0.2, 0.25) is 0 Å². The minimum Gasteiger partial charge on any atom is -0.477 e. The predicted octanol–water partition coefficient (Wildman–Crippen LogP) is 1.71. The number of aryl methyl sites for hydroxylation is 2. The fraction of sp³-hybridized carbons (Fsp3) is 0.231. The van der Waals surface area contributed by atoms with E-state index in [1.807, 2.05) is 6.92 Å². The molecule has 2 N–H and O–H groups in total. The summed E-state index contributed by atoms with van der Waals surface area (Å²) < 4.78 is 28.2. The molecule has 0 aliphatic rings. The van der Waals surface area contributed by atoms with Gasteiger partial charge >= 0.3 is 5.97 Å². The van der Waals surface area contributed by atoms with Gasteiger partial charge in [0.1, 0.15) is 16.4 Å². The number of anilines is 1. The SMILES string of the molecule is CCn1cc(S(=O)(=O)Nc2cc(C)ccn2)cc1C(=O)O. The highest BCUT2D eigenvalue weighted by Gasteiger charge is 2.21. The molecule has 0 aliphatic carbocycles. The van der Waals surface area contributed by atoms with Gasteiger partial charge in [-0.25, -0.2) is 18.2 Å². The topological polar surface area (TPSA) is 101 Å². The molecule has 0 spiro atoms. The Hall–Kier alpha value is -2.35. The molecule has 0 atom stereocenters. The van der Waals surface area contributed by atoms with Crippen molar-refractivity contribution in [2.24, 2.45) is 0 Å². The molecule has 0 saturated carbocycles. The molecule has 8 heteroatoms. The molecule has 2 aromatic heterocycles. The lowest BCUT2D eigenvalue weighted by molar-refractivity contribution is 0.0685. The minimum atomic E-state index is -3.87. The molecule has 0 saturated heterocycles. The lowest BCUT2D eigenvalue weighted by Gasteiger charge is -2.05. The van der Waals surface area contributed by atoms with Crippen LogP contribution in [-0.4, -0.2) is 29.0 Å². The molecule has 0 aliphatic heterocycles. The Bertz CT molecular complexity index is 780. The number of sulfonamides is 1. The number of pyridine rings is 1. The summed E-state index contributed by atoms with van der Waals surface area (Å²) in [6, 6.07) is 4.46.